The average molecular weight is 621 g/mol. The van der Waals surface area contributed by atoms with Crippen LogP contribution in [0, 0.1) is 0 Å². The third kappa shape index (κ3) is 12.2. The van der Waals surface area contributed by atoms with E-state index in [2.05, 4.69) is 36.8 Å². The van der Waals surface area contributed by atoms with Crippen molar-refractivity contribution in [3.8, 4) is 0 Å². The van der Waals surface area contributed by atoms with Crippen LogP contribution in [-0.2, 0) is 70.6 Å². The summed E-state index contributed by atoms with van der Waals surface area (Å²) in [6.07, 6.45) is -16.2. The molecule has 4 unspecified atom stereocenters. The number of aliphatic carboxylic acids is 1. The number of rotatable bonds is 11. The Kier molecular flexibility index (Phi) is 21.1. The van der Waals surface area contributed by atoms with Gasteiger partial charge in [-0.3, -0.25) is 8.98 Å². The Balaban J connectivity index is 0. The number of carbonyl (C=O) groups excluding carboxylic acids is 2. The van der Waals surface area contributed by atoms with Crippen LogP contribution in [0.4, 0.5) is 0 Å². The summed E-state index contributed by atoms with van der Waals surface area (Å²) in [4.78, 5) is 27.9. The molecule has 204 valence electrons. The summed E-state index contributed by atoms with van der Waals surface area (Å²) in [6.45, 7) is 1.53. The number of aliphatic hydroxyl groups is 3. The molecule has 0 aliphatic carbocycles. The van der Waals surface area contributed by atoms with Gasteiger partial charge in [0.25, 0.3) is 0 Å². The molecule has 0 spiro atoms. The summed E-state index contributed by atoms with van der Waals surface area (Å²) in [7, 11) is -5.21. The van der Waals surface area contributed by atoms with E-state index in [1.807, 2.05) is 0 Å². The van der Waals surface area contributed by atoms with Crippen molar-refractivity contribution in [3.05, 3.63) is 0 Å². The maximum Gasteiger partial charge on any atom is 1.00 e. The number of carboxylic acid groups (broad SMARTS) is 1. The van der Waals surface area contributed by atoms with Gasteiger partial charge in [0.2, 0.25) is 16.3 Å². The number of carboxylic acids is 1. The number of nitrogens with one attached hydrogen (secondary N) is 1. The summed E-state index contributed by atoms with van der Waals surface area (Å²) < 4.78 is 56.9. The Hall–Kier alpha value is 1.76. The van der Waals surface area contributed by atoms with Crippen LogP contribution in [0.5, 0.6) is 0 Å². The first-order valence-electron chi connectivity index (χ1n) is 9.64. The van der Waals surface area contributed by atoms with Crippen LogP contribution in [-0.4, -0.2) is 108 Å². The average Bonchev–Trinajstić information content (AvgIpc) is 2.75. The van der Waals surface area contributed by atoms with Crippen LogP contribution in [0.1, 0.15) is 13.8 Å². The number of carbonyl (C=O) groups is 2. The Morgan fingerprint density at radius 1 is 1.03 bits per heavy atom. The van der Waals surface area contributed by atoms with Gasteiger partial charge < -0.3 is 66.5 Å². The van der Waals surface area contributed by atoms with Gasteiger partial charge in [-0.15, -0.1) is 0 Å². The van der Waals surface area contributed by atoms with Crippen LogP contribution in [0.2, 0.25) is 0 Å². The zero-order chi connectivity index (χ0) is 26.5. The molecule has 4 N–H and O–H groups in total. The normalized spacial score (nSPS) is 35.1. The summed E-state index contributed by atoms with van der Waals surface area (Å²) in [6, 6.07) is -1.20. The molecule has 38 heavy (non-hydrogen) atoms. The van der Waals surface area contributed by atoms with E-state index < -0.39 is 90.0 Å². The van der Waals surface area contributed by atoms with Gasteiger partial charge in [0, 0.05) is 6.92 Å². The van der Waals surface area contributed by atoms with Gasteiger partial charge in [0.15, 0.2) is 12.4 Å². The molecule has 0 aromatic rings. The number of hydrogen-bond donors (Lipinski definition) is 4. The number of hydrogen-bond acceptors (Lipinski definition) is 18. The minimum atomic E-state index is -5.21. The van der Waals surface area contributed by atoms with E-state index in [0.717, 1.165) is 6.92 Å². The van der Waals surface area contributed by atoms with Crippen LogP contribution in [0.3, 0.4) is 0 Å². The molecule has 2 rings (SSSR count). The van der Waals surface area contributed by atoms with E-state index in [1.54, 1.807) is 0 Å². The van der Waals surface area contributed by atoms with Crippen molar-refractivity contribution in [1.82, 2.24) is 5.32 Å². The fraction of sp³-hybridized carbons (Fsp3) is 0.867. The second-order valence-corrected chi connectivity index (χ2v) is 8.57. The number of ether oxygens (including phenoxy) is 3. The molecule has 2 heterocycles. The second kappa shape index (κ2) is 19.1. The molecule has 0 radical (unpaired) electrons. The zero-order valence-corrected chi connectivity index (χ0v) is 28.5. The van der Waals surface area contributed by atoms with Crippen molar-refractivity contribution in [2.24, 2.45) is 0 Å². The monoisotopic (exact) mass is 621 g/mol. The standard InChI is InChI=1S/C15H25NO17S2.3Na/c1-4-7(16-5(2)17)12(28-15-10(20)8(18)9(19)13(29-15)14(21)22)11(30-31-32-33-34)6(27-4)3-26-35(23,24)25;;;/h4,6-13,15,18-20,34H,3H2,1-2H3,(H,16,17)(H,21,22)(H,23,24,25);;;/q;3*+1/p-3/t4-,6?,7?,8+,9+,10?,11-,12-,13?,15-;;;/m1.../s1. The predicted octanol–water partition coefficient (Wildman–Crippen LogP) is -14.6. The molecular weight excluding hydrogens is 599 g/mol. The molecule has 0 aromatic carbocycles. The number of aliphatic hydroxyl groups excluding tert-OH is 3. The third-order valence-electron chi connectivity index (χ3n) is 4.99. The van der Waals surface area contributed by atoms with E-state index in [9.17, 15) is 43.0 Å². The maximum absolute atomic E-state index is 11.8. The summed E-state index contributed by atoms with van der Waals surface area (Å²) in [5.74, 6) is -2.58. The Labute approximate surface area is 288 Å². The van der Waals surface area contributed by atoms with Crippen molar-refractivity contribution in [1.29, 1.82) is 0 Å². The summed E-state index contributed by atoms with van der Waals surface area (Å²) in [5, 5.41) is 52.0. The zero-order valence-electron chi connectivity index (χ0n) is 20.9. The fourth-order valence-electron chi connectivity index (χ4n) is 3.50. The van der Waals surface area contributed by atoms with Gasteiger partial charge in [0.1, 0.15) is 36.6 Å². The molecule has 2 fully saturated rings. The minimum Gasteiger partial charge on any atom is -0.726 e. The molecule has 0 bridgehead atoms. The first-order valence-corrected chi connectivity index (χ1v) is 11.3. The first kappa shape index (κ1) is 41.9. The molecule has 1 amide bonds. The number of amides is 1. The quantitative estimate of drug-likeness (QED) is 0.0317. The molecule has 2 aliphatic rings. The van der Waals surface area contributed by atoms with Crippen LogP contribution >= 0.6 is 0 Å². The molecule has 0 saturated carbocycles. The van der Waals surface area contributed by atoms with Crippen molar-refractivity contribution >= 4 is 35.2 Å². The fourth-order valence-corrected chi connectivity index (χ4v) is 3.82. The Bertz CT molecular complexity index is 843. The maximum atomic E-state index is 11.8. The smallest absolute Gasteiger partial charge is 0.726 e. The topological polar surface area (TPSA) is 261 Å². The summed E-state index contributed by atoms with van der Waals surface area (Å²) in [5.41, 5.74) is 0. The van der Waals surface area contributed by atoms with E-state index >= 15 is 0 Å². The van der Waals surface area contributed by atoms with Crippen LogP contribution in [0.15, 0.2) is 0 Å². The molecule has 23 heteroatoms. The van der Waals surface area contributed by atoms with Gasteiger partial charge in [-0.1, -0.05) is 5.04 Å². The van der Waals surface area contributed by atoms with E-state index in [1.165, 1.54) is 6.92 Å². The molecular formula is C15H22NNa3O17S2. The van der Waals surface area contributed by atoms with Gasteiger partial charge in [0.05, 0.1) is 24.7 Å². The largest absolute Gasteiger partial charge is 1.00 e. The van der Waals surface area contributed by atoms with E-state index in [-0.39, 0.29) is 88.7 Å². The first-order chi connectivity index (χ1) is 16.3. The Morgan fingerprint density at radius 3 is 2.13 bits per heavy atom. The van der Waals surface area contributed by atoms with Gasteiger partial charge in [-0.2, -0.15) is 4.89 Å². The predicted molar refractivity (Wildman–Crippen MR) is 99.6 cm³/mol. The van der Waals surface area contributed by atoms with Crippen molar-refractivity contribution in [3.63, 3.8) is 0 Å². The van der Waals surface area contributed by atoms with Gasteiger partial charge in [-0.25, -0.2) is 8.42 Å². The Morgan fingerprint density at radius 2 is 1.63 bits per heavy atom. The van der Waals surface area contributed by atoms with Crippen molar-refractivity contribution < 1.29 is 169 Å². The van der Waals surface area contributed by atoms with Crippen molar-refractivity contribution in [2.75, 3.05) is 6.61 Å². The molecule has 18 nitrogen and oxygen atoms in total. The molecule has 2 aliphatic heterocycles. The van der Waals surface area contributed by atoms with Crippen LogP contribution < -0.4 is 99.1 Å². The summed E-state index contributed by atoms with van der Waals surface area (Å²) >= 11 is 4.03. The van der Waals surface area contributed by atoms with E-state index in [0.29, 0.717) is 0 Å². The molecule has 10 atom stereocenters. The van der Waals surface area contributed by atoms with Gasteiger partial charge in [-0.05, 0) is 12.0 Å². The van der Waals surface area contributed by atoms with E-state index in [4.69, 9.17) is 19.1 Å². The van der Waals surface area contributed by atoms with Gasteiger partial charge >= 0.3 is 88.7 Å². The van der Waals surface area contributed by atoms with Crippen LogP contribution in [0.25, 0.3) is 0 Å². The molecule has 2 saturated heterocycles. The van der Waals surface area contributed by atoms with Crippen molar-refractivity contribution in [2.45, 2.75) is 75.0 Å². The third-order valence-corrected chi connectivity index (χ3v) is 5.47. The minimum absolute atomic E-state index is 0. The SMILES string of the molecule is CC(=O)NC1[C@@H](O[C@@H]2OC(C(=O)[O-])[C@@H](O)[C@H](O)C2O)[C@H](OOOO[S-])C(COS(=O)(=O)[O-])O[C@@H]1C.[Na+].[Na+].[Na+]. The second-order valence-electron chi connectivity index (χ2n) is 7.38. The molecule has 0 aromatic heterocycles.